The molecule has 1 aliphatic rings. The summed E-state index contributed by atoms with van der Waals surface area (Å²) < 4.78 is 6.39. The Morgan fingerprint density at radius 3 is 3.10 bits per heavy atom. The van der Waals surface area contributed by atoms with Crippen LogP contribution in [0.15, 0.2) is 28.9 Å². The van der Waals surface area contributed by atoms with Gasteiger partial charge in [-0.2, -0.15) is 0 Å². The second-order valence-corrected chi connectivity index (χ2v) is 6.22. The highest BCUT2D eigenvalue weighted by Crippen LogP contribution is 2.30. The van der Waals surface area contributed by atoms with Crippen molar-refractivity contribution in [2.24, 2.45) is 5.92 Å². The van der Waals surface area contributed by atoms with Gasteiger partial charge in [0.1, 0.15) is 0 Å². The Kier molecular flexibility index (Phi) is 3.81. The number of rotatable bonds is 3. The van der Waals surface area contributed by atoms with Crippen molar-refractivity contribution in [3.05, 3.63) is 28.9 Å². The van der Waals surface area contributed by atoms with E-state index in [1.54, 1.807) is 6.20 Å². The number of benzene rings is 1. The van der Waals surface area contributed by atoms with E-state index >= 15 is 0 Å². The Balaban J connectivity index is 1.93. The molecule has 5 heteroatoms. The average Bonchev–Trinajstić information content (AvgIpc) is 2.96. The number of fused-ring (bicyclic) bond motifs is 1. The molecule has 2 heterocycles. The van der Waals surface area contributed by atoms with Crippen LogP contribution >= 0.6 is 15.9 Å². The van der Waals surface area contributed by atoms with Crippen LogP contribution in [0, 0.1) is 5.92 Å². The number of hydrogen-bond acceptors (Lipinski definition) is 4. The molecule has 1 aromatic carbocycles. The first-order valence-electron chi connectivity index (χ1n) is 6.83. The molecule has 1 aromatic heterocycles. The minimum absolute atomic E-state index is 0.356. The zero-order chi connectivity index (χ0) is 14.1. The van der Waals surface area contributed by atoms with E-state index in [1.807, 2.05) is 18.2 Å². The predicted molar refractivity (Wildman–Crippen MR) is 85.9 cm³/mol. The van der Waals surface area contributed by atoms with Crippen molar-refractivity contribution >= 4 is 38.2 Å². The number of hydrogen-bond donors (Lipinski definition) is 2. The zero-order valence-corrected chi connectivity index (χ0v) is 13.0. The Hall–Kier alpha value is -1.33. The summed E-state index contributed by atoms with van der Waals surface area (Å²) in [5, 5.41) is 4.53. The van der Waals surface area contributed by atoms with E-state index in [2.05, 4.69) is 33.2 Å². The van der Waals surface area contributed by atoms with Crippen LogP contribution in [0.25, 0.3) is 10.9 Å². The van der Waals surface area contributed by atoms with Crippen molar-refractivity contribution in [1.82, 2.24) is 4.98 Å². The van der Waals surface area contributed by atoms with E-state index in [0.29, 0.717) is 12.0 Å². The topological polar surface area (TPSA) is 60.2 Å². The second kappa shape index (κ2) is 5.58. The third kappa shape index (κ3) is 2.60. The van der Waals surface area contributed by atoms with E-state index in [9.17, 15) is 0 Å². The SMILES string of the molecule is CC(Nc1ccc(N)c2cc(Br)cnc12)C1CCOC1. The number of pyridine rings is 1. The van der Waals surface area contributed by atoms with Gasteiger partial charge >= 0.3 is 0 Å². The molecule has 106 valence electrons. The van der Waals surface area contributed by atoms with Gasteiger partial charge < -0.3 is 15.8 Å². The number of anilines is 2. The van der Waals surface area contributed by atoms with Gasteiger partial charge in [0.25, 0.3) is 0 Å². The summed E-state index contributed by atoms with van der Waals surface area (Å²) in [5.41, 5.74) is 8.73. The lowest BCUT2D eigenvalue weighted by Crippen LogP contribution is -2.26. The van der Waals surface area contributed by atoms with Crippen LogP contribution in [-0.4, -0.2) is 24.2 Å². The van der Waals surface area contributed by atoms with Gasteiger partial charge in [-0.05, 0) is 47.5 Å². The van der Waals surface area contributed by atoms with Gasteiger partial charge in [-0.15, -0.1) is 0 Å². The highest BCUT2D eigenvalue weighted by Gasteiger charge is 2.22. The van der Waals surface area contributed by atoms with Crippen LogP contribution in [-0.2, 0) is 4.74 Å². The summed E-state index contributed by atoms with van der Waals surface area (Å²) in [6, 6.07) is 6.29. The second-order valence-electron chi connectivity index (χ2n) is 5.31. The van der Waals surface area contributed by atoms with Gasteiger partial charge in [0.05, 0.1) is 17.8 Å². The Morgan fingerprint density at radius 1 is 1.50 bits per heavy atom. The lowest BCUT2D eigenvalue weighted by molar-refractivity contribution is 0.183. The summed E-state index contributed by atoms with van der Waals surface area (Å²) in [6.45, 7) is 3.89. The number of nitrogen functional groups attached to an aromatic ring is 1. The summed E-state index contributed by atoms with van der Waals surface area (Å²) in [7, 11) is 0. The molecule has 0 spiro atoms. The molecule has 1 saturated heterocycles. The number of halogens is 1. The molecule has 3 rings (SSSR count). The maximum Gasteiger partial charge on any atom is 0.0954 e. The molecule has 1 aliphatic heterocycles. The number of aromatic nitrogens is 1. The molecule has 0 radical (unpaired) electrons. The molecule has 1 fully saturated rings. The van der Waals surface area contributed by atoms with E-state index in [4.69, 9.17) is 10.5 Å². The van der Waals surface area contributed by atoms with E-state index in [-0.39, 0.29) is 0 Å². The van der Waals surface area contributed by atoms with E-state index < -0.39 is 0 Å². The first-order valence-corrected chi connectivity index (χ1v) is 7.62. The Labute approximate surface area is 126 Å². The Morgan fingerprint density at radius 2 is 2.35 bits per heavy atom. The molecule has 2 aromatic rings. The largest absolute Gasteiger partial charge is 0.398 e. The molecular weight excluding hydrogens is 318 g/mol. The van der Waals surface area contributed by atoms with Crippen molar-refractivity contribution in [2.45, 2.75) is 19.4 Å². The van der Waals surface area contributed by atoms with Crippen LogP contribution < -0.4 is 11.1 Å². The predicted octanol–water partition coefficient (Wildman–Crippen LogP) is 3.42. The summed E-state index contributed by atoms with van der Waals surface area (Å²) >= 11 is 3.44. The van der Waals surface area contributed by atoms with Crippen LogP contribution in [0.2, 0.25) is 0 Å². The number of ether oxygens (including phenoxy) is 1. The van der Waals surface area contributed by atoms with Crippen LogP contribution in [0.4, 0.5) is 11.4 Å². The van der Waals surface area contributed by atoms with Crippen LogP contribution in [0.1, 0.15) is 13.3 Å². The highest BCUT2D eigenvalue weighted by molar-refractivity contribution is 9.10. The molecular formula is C15H18BrN3O. The average molecular weight is 336 g/mol. The molecule has 20 heavy (non-hydrogen) atoms. The normalized spacial score (nSPS) is 20.2. The monoisotopic (exact) mass is 335 g/mol. The lowest BCUT2D eigenvalue weighted by Gasteiger charge is -2.21. The molecule has 2 atom stereocenters. The maximum atomic E-state index is 6.04. The highest BCUT2D eigenvalue weighted by atomic mass is 79.9. The number of nitrogens with zero attached hydrogens (tertiary/aromatic N) is 1. The van der Waals surface area contributed by atoms with Gasteiger partial charge in [0, 0.05) is 40.3 Å². The van der Waals surface area contributed by atoms with Gasteiger partial charge in [0.15, 0.2) is 0 Å². The molecule has 4 nitrogen and oxygen atoms in total. The van der Waals surface area contributed by atoms with E-state index in [0.717, 1.165) is 46.4 Å². The van der Waals surface area contributed by atoms with Crippen molar-refractivity contribution in [3.63, 3.8) is 0 Å². The minimum atomic E-state index is 0.356. The minimum Gasteiger partial charge on any atom is -0.398 e. The van der Waals surface area contributed by atoms with Crippen molar-refractivity contribution in [1.29, 1.82) is 0 Å². The van der Waals surface area contributed by atoms with Crippen LogP contribution in [0.3, 0.4) is 0 Å². The van der Waals surface area contributed by atoms with Gasteiger partial charge in [-0.1, -0.05) is 0 Å². The fourth-order valence-electron chi connectivity index (χ4n) is 2.64. The van der Waals surface area contributed by atoms with Crippen LogP contribution in [0.5, 0.6) is 0 Å². The lowest BCUT2D eigenvalue weighted by atomic mass is 10.00. The van der Waals surface area contributed by atoms with Gasteiger partial charge in [0.2, 0.25) is 0 Å². The number of nitrogens with one attached hydrogen (secondary N) is 1. The summed E-state index contributed by atoms with van der Waals surface area (Å²) in [6.07, 6.45) is 2.91. The molecule has 0 aliphatic carbocycles. The number of nitrogens with two attached hydrogens (primary N) is 1. The fraction of sp³-hybridized carbons (Fsp3) is 0.400. The molecule has 2 unspecified atom stereocenters. The molecule has 0 amide bonds. The first-order chi connectivity index (χ1) is 9.65. The first kappa shape index (κ1) is 13.6. The quantitative estimate of drug-likeness (QED) is 0.844. The maximum absolute atomic E-state index is 6.04. The van der Waals surface area contributed by atoms with Gasteiger partial charge in [-0.3, -0.25) is 4.98 Å². The third-order valence-corrected chi connectivity index (χ3v) is 4.34. The van der Waals surface area contributed by atoms with E-state index in [1.165, 1.54) is 0 Å². The zero-order valence-electron chi connectivity index (χ0n) is 11.4. The Bertz CT molecular complexity index is 626. The van der Waals surface area contributed by atoms with Crippen molar-refractivity contribution < 1.29 is 4.74 Å². The molecule has 0 saturated carbocycles. The third-order valence-electron chi connectivity index (χ3n) is 3.91. The molecule has 3 N–H and O–H groups in total. The summed E-state index contributed by atoms with van der Waals surface area (Å²) in [4.78, 5) is 4.50. The smallest absolute Gasteiger partial charge is 0.0954 e. The standard InChI is InChI=1S/C15H18BrN3O/c1-9(10-4-5-20-8-10)19-14-3-2-13(17)12-6-11(16)7-18-15(12)14/h2-3,6-7,9-10,19H,4-5,8,17H2,1H3. The van der Waals surface area contributed by atoms with Crippen molar-refractivity contribution in [2.75, 3.05) is 24.3 Å². The summed E-state index contributed by atoms with van der Waals surface area (Å²) in [5.74, 6) is 0.554. The molecule has 0 bridgehead atoms. The van der Waals surface area contributed by atoms with Gasteiger partial charge in [-0.25, -0.2) is 0 Å². The van der Waals surface area contributed by atoms with Crippen molar-refractivity contribution in [3.8, 4) is 0 Å². The fourth-order valence-corrected chi connectivity index (χ4v) is 2.97.